The van der Waals surface area contributed by atoms with Gasteiger partial charge in [0.25, 0.3) is 0 Å². The highest BCUT2D eigenvalue weighted by Crippen LogP contribution is 2.48. The molecule has 2 N–H and O–H groups in total. The monoisotopic (exact) mass is 447 g/mol. The lowest BCUT2D eigenvalue weighted by atomic mass is 9.91. The lowest BCUT2D eigenvalue weighted by molar-refractivity contribution is 0.425. The number of hydrogen-bond donors (Lipinski definition) is 2. The van der Waals surface area contributed by atoms with Crippen LogP contribution in [0.3, 0.4) is 0 Å². The first-order valence-corrected chi connectivity index (χ1v) is 12.7. The van der Waals surface area contributed by atoms with Crippen LogP contribution < -0.4 is 10.6 Å². The van der Waals surface area contributed by atoms with E-state index in [1.807, 2.05) is 6.07 Å². The molecule has 0 bridgehead atoms. The van der Waals surface area contributed by atoms with E-state index in [0.29, 0.717) is 14.3 Å². The SMILES string of the molecule is CCCC(C)(Pc1ccccc1CNC(C)(C)C)c1cc(Cc2ccccc2)ccc1O. The van der Waals surface area contributed by atoms with Gasteiger partial charge in [-0.15, -0.1) is 0 Å². The lowest BCUT2D eigenvalue weighted by Crippen LogP contribution is -2.36. The average molecular weight is 448 g/mol. The second-order valence-corrected chi connectivity index (χ2v) is 11.9. The van der Waals surface area contributed by atoms with Crippen LogP contribution in [0.15, 0.2) is 72.8 Å². The summed E-state index contributed by atoms with van der Waals surface area (Å²) in [5.74, 6) is 0.413. The maximum absolute atomic E-state index is 10.9. The quantitative estimate of drug-likeness (QED) is 0.350. The Morgan fingerprint density at radius 3 is 2.22 bits per heavy atom. The van der Waals surface area contributed by atoms with Gasteiger partial charge in [-0.25, -0.2) is 0 Å². The van der Waals surface area contributed by atoms with E-state index in [4.69, 9.17) is 0 Å². The first kappa shape index (κ1) is 24.5. The third kappa shape index (κ3) is 6.67. The Morgan fingerprint density at radius 2 is 1.53 bits per heavy atom. The van der Waals surface area contributed by atoms with Crippen LogP contribution in [0.25, 0.3) is 0 Å². The Bertz CT molecular complexity index is 1010. The molecule has 0 saturated carbocycles. The van der Waals surface area contributed by atoms with E-state index < -0.39 is 0 Å². The van der Waals surface area contributed by atoms with Crippen molar-refractivity contribution in [3.63, 3.8) is 0 Å². The van der Waals surface area contributed by atoms with Crippen LogP contribution in [0.2, 0.25) is 0 Å². The van der Waals surface area contributed by atoms with Gasteiger partial charge >= 0.3 is 0 Å². The third-order valence-electron chi connectivity index (χ3n) is 5.89. The summed E-state index contributed by atoms with van der Waals surface area (Å²) < 4.78 is 0. The molecule has 0 spiro atoms. The summed E-state index contributed by atoms with van der Waals surface area (Å²) in [7, 11) is 0.586. The van der Waals surface area contributed by atoms with Gasteiger partial charge in [-0.3, -0.25) is 0 Å². The van der Waals surface area contributed by atoms with Crippen molar-refractivity contribution < 1.29 is 5.11 Å². The zero-order valence-corrected chi connectivity index (χ0v) is 21.2. The molecule has 0 saturated heterocycles. The Morgan fingerprint density at radius 1 is 0.844 bits per heavy atom. The number of phenolic OH excluding ortho intramolecular Hbond substituents is 1. The molecular weight excluding hydrogens is 409 g/mol. The van der Waals surface area contributed by atoms with E-state index in [2.05, 4.69) is 107 Å². The molecule has 0 heterocycles. The number of hydrogen-bond acceptors (Lipinski definition) is 2. The van der Waals surface area contributed by atoms with Gasteiger partial charge in [0.2, 0.25) is 0 Å². The second-order valence-electron chi connectivity index (χ2n) is 9.98. The van der Waals surface area contributed by atoms with Crippen molar-refractivity contribution in [1.29, 1.82) is 0 Å². The molecule has 0 fully saturated rings. The molecule has 0 aliphatic heterocycles. The van der Waals surface area contributed by atoms with E-state index in [1.165, 1.54) is 22.0 Å². The predicted molar refractivity (Wildman–Crippen MR) is 141 cm³/mol. The van der Waals surface area contributed by atoms with Gasteiger partial charge in [0.15, 0.2) is 0 Å². The van der Waals surface area contributed by atoms with Crippen LogP contribution in [0, 0.1) is 0 Å². The average Bonchev–Trinajstić information content (AvgIpc) is 2.75. The van der Waals surface area contributed by atoms with Crippen LogP contribution in [-0.2, 0) is 18.1 Å². The molecule has 0 amide bonds. The smallest absolute Gasteiger partial charge is 0.119 e. The van der Waals surface area contributed by atoms with Gasteiger partial charge in [-0.1, -0.05) is 95.6 Å². The van der Waals surface area contributed by atoms with Crippen molar-refractivity contribution in [3.8, 4) is 5.75 Å². The molecule has 2 nitrogen and oxygen atoms in total. The summed E-state index contributed by atoms with van der Waals surface area (Å²) in [6.07, 6.45) is 2.99. The summed E-state index contributed by atoms with van der Waals surface area (Å²) in [6.45, 7) is 12.0. The first-order chi connectivity index (χ1) is 15.2. The number of nitrogens with one attached hydrogen (secondary N) is 1. The maximum Gasteiger partial charge on any atom is 0.119 e. The maximum atomic E-state index is 10.9. The highest BCUT2D eigenvalue weighted by Gasteiger charge is 2.30. The summed E-state index contributed by atoms with van der Waals surface area (Å²) >= 11 is 0. The Hall–Kier alpha value is -2.15. The minimum Gasteiger partial charge on any atom is -0.508 e. The lowest BCUT2D eigenvalue weighted by Gasteiger charge is -2.32. The van der Waals surface area contributed by atoms with Gasteiger partial charge < -0.3 is 10.4 Å². The van der Waals surface area contributed by atoms with Gasteiger partial charge in [0, 0.05) is 22.8 Å². The zero-order chi connectivity index (χ0) is 23.2. The van der Waals surface area contributed by atoms with Crippen molar-refractivity contribution in [2.24, 2.45) is 0 Å². The number of benzene rings is 3. The second kappa shape index (κ2) is 10.6. The summed E-state index contributed by atoms with van der Waals surface area (Å²) in [5, 5.41) is 15.8. The number of phenols is 1. The molecule has 3 aromatic carbocycles. The van der Waals surface area contributed by atoms with Gasteiger partial charge in [0.05, 0.1) is 0 Å². The van der Waals surface area contributed by atoms with E-state index in [9.17, 15) is 5.11 Å². The van der Waals surface area contributed by atoms with Crippen LogP contribution in [-0.4, -0.2) is 10.6 Å². The topological polar surface area (TPSA) is 32.3 Å². The zero-order valence-electron chi connectivity index (χ0n) is 20.2. The largest absolute Gasteiger partial charge is 0.508 e. The number of rotatable bonds is 9. The molecular formula is C29H38NOP. The Kier molecular flexibility index (Phi) is 8.15. The van der Waals surface area contributed by atoms with Crippen molar-refractivity contribution in [3.05, 3.63) is 95.1 Å². The first-order valence-electron chi connectivity index (χ1n) is 11.7. The molecule has 32 heavy (non-hydrogen) atoms. The predicted octanol–water partition coefficient (Wildman–Crippen LogP) is 6.89. The Balaban J connectivity index is 1.93. The minimum atomic E-state index is -0.108. The molecule has 0 radical (unpaired) electrons. The standard InChI is InChI=1S/C29H38NOP/c1-6-18-29(5,32-27-15-11-10-14-24(27)21-30-28(2,3)4)25-20-23(16-17-26(25)31)19-22-12-8-7-9-13-22/h7-17,20,30-32H,6,18-19,21H2,1-5H3. The summed E-state index contributed by atoms with van der Waals surface area (Å²) in [5.41, 5.74) is 5.04. The van der Waals surface area contributed by atoms with E-state index in [1.54, 1.807) is 0 Å². The van der Waals surface area contributed by atoms with Crippen molar-refractivity contribution in [2.45, 2.75) is 71.1 Å². The van der Waals surface area contributed by atoms with Crippen LogP contribution in [0.5, 0.6) is 5.75 Å². The Labute approximate surface area is 196 Å². The molecule has 2 unspecified atom stereocenters. The molecule has 3 heteroatoms. The molecule has 0 aromatic heterocycles. The van der Waals surface area contributed by atoms with Gasteiger partial charge in [-0.2, -0.15) is 0 Å². The van der Waals surface area contributed by atoms with E-state index in [-0.39, 0.29) is 10.7 Å². The fraction of sp³-hybridized carbons (Fsp3) is 0.379. The van der Waals surface area contributed by atoms with E-state index >= 15 is 0 Å². The molecule has 0 aliphatic carbocycles. The van der Waals surface area contributed by atoms with Crippen molar-refractivity contribution in [1.82, 2.24) is 5.32 Å². The highest BCUT2D eigenvalue weighted by molar-refractivity contribution is 7.48. The molecule has 3 rings (SSSR count). The van der Waals surface area contributed by atoms with Crippen LogP contribution in [0.4, 0.5) is 0 Å². The molecule has 170 valence electrons. The van der Waals surface area contributed by atoms with Gasteiger partial charge in [-0.05, 0) is 61.7 Å². The van der Waals surface area contributed by atoms with Gasteiger partial charge in [0.1, 0.15) is 5.75 Å². The molecule has 2 atom stereocenters. The normalized spacial score (nSPS) is 14.0. The number of aromatic hydroxyl groups is 1. The van der Waals surface area contributed by atoms with Crippen molar-refractivity contribution in [2.75, 3.05) is 0 Å². The van der Waals surface area contributed by atoms with E-state index in [0.717, 1.165) is 31.4 Å². The van der Waals surface area contributed by atoms with Crippen LogP contribution >= 0.6 is 8.58 Å². The van der Waals surface area contributed by atoms with Crippen molar-refractivity contribution >= 4 is 13.9 Å². The highest BCUT2D eigenvalue weighted by atomic mass is 31.1. The molecule has 0 aliphatic rings. The third-order valence-corrected chi connectivity index (χ3v) is 7.72. The molecule has 3 aromatic rings. The van der Waals surface area contributed by atoms with Crippen LogP contribution in [0.1, 0.15) is 69.7 Å². The summed E-state index contributed by atoms with van der Waals surface area (Å²) in [4.78, 5) is 0. The summed E-state index contributed by atoms with van der Waals surface area (Å²) in [6, 6.07) is 25.5. The fourth-order valence-corrected chi connectivity index (χ4v) is 6.00. The minimum absolute atomic E-state index is 0.0764. The fourth-order valence-electron chi connectivity index (χ4n) is 4.19.